The van der Waals surface area contributed by atoms with Crippen LogP contribution in [0.15, 0.2) is 24.4 Å². The molecule has 0 bridgehead atoms. The highest BCUT2D eigenvalue weighted by molar-refractivity contribution is 5.78. The maximum atomic E-state index is 12.5. The average Bonchev–Trinajstić information content (AvgIpc) is 2.57. The Morgan fingerprint density at radius 2 is 1.79 bits per heavy atom. The fourth-order valence-electron chi connectivity index (χ4n) is 3.50. The van der Waals surface area contributed by atoms with E-state index in [-0.39, 0.29) is 18.1 Å². The van der Waals surface area contributed by atoms with Gasteiger partial charge in [-0.1, -0.05) is 6.07 Å². The third kappa shape index (κ3) is 4.75. The summed E-state index contributed by atoms with van der Waals surface area (Å²) in [7, 11) is 0. The van der Waals surface area contributed by atoms with Gasteiger partial charge in [-0.15, -0.1) is 0 Å². The zero-order valence-electron chi connectivity index (χ0n) is 14.7. The van der Waals surface area contributed by atoms with Gasteiger partial charge in [0.1, 0.15) is 0 Å². The Kier molecular flexibility index (Phi) is 5.81. The van der Waals surface area contributed by atoms with Crippen LogP contribution in [-0.4, -0.2) is 83.6 Å². The Bertz CT molecular complexity index is 521. The van der Waals surface area contributed by atoms with Crippen molar-refractivity contribution in [3.63, 3.8) is 0 Å². The molecule has 0 aromatic carbocycles. The van der Waals surface area contributed by atoms with Crippen molar-refractivity contribution in [2.24, 2.45) is 0 Å². The number of hydrogen-bond acceptors (Lipinski definition) is 5. The van der Waals surface area contributed by atoms with Crippen molar-refractivity contribution in [3.05, 3.63) is 30.1 Å². The van der Waals surface area contributed by atoms with Crippen molar-refractivity contribution in [3.8, 4) is 0 Å². The Labute approximate surface area is 144 Å². The van der Waals surface area contributed by atoms with E-state index in [1.807, 2.05) is 37.1 Å². The first-order valence-corrected chi connectivity index (χ1v) is 8.88. The van der Waals surface area contributed by atoms with E-state index in [1.165, 1.54) is 0 Å². The molecule has 0 saturated carbocycles. The molecule has 3 rings (SSSR count). The number of morpholine rings is 1. The standard InChI is InChI=1S/C18H28N4O2/c1-15-11-22(12-16(2)24-15)18(23)14-21-9-7-20(8-10-21)13-17-5-3-4-6-19-17/h3-6,15-16H,7-14H2,1-2H3. The van der Waals surface area contributed by atoms with E-state index in [0.29, 0.717) is 19.6 Å². The Morgan fingerprint density at radius 3 is 2.42 bits per heavy atom. The van der Waals surface area contributed by atoms with E-state index in [0.717, 1.165) is 38.4 Å². The molecule has 2 aliphatic heterocycles. The number of carbonyl (C=O) groups is 1. The number of nitrogens with zero attached hydrogens (tertiary/aromatic N) is 4. The number of pyridine rings is 1. The van der Waals surface area contributed by atoms with E-state index in [9.17, 15) is 4.79 Å². The van der Waals surface area contributed by atoms with E-state index in [1.54, 1.807) is 0 Å². The molecule has 6 heteroatoms. The lowest BCUT2D eigenvalue weighted by Gasteiger charge is -2.38. The van der Waals surface area contributed by atoms with Gasteiger partial charge < -0.3 is 9.64 Å². The van der Waals surface area contributed by atoms with Crippen LogP contribution >= 0.6 is 0 Å². The molecule has 2 fully saturated rings. The zero-order valence-corrected chi connectivity index (χ0v) is 14.7. The summed E-state index contributed by atoms with van der Waals surface area (Å²) in [5, 5.41) is 0. The fraction of sp³-hybridized carbons (Fsp3) is 0.667. The normalized spacial score (nSPS) is 26.5. The van der Waals surface area contributed by atoms with Crippen LogP contribution in [0.3, 0.4) is 0 Å². The first-order valence-electron chi connectivity index (χ1n) is 8.88. The minimum atomic E-state index is 0.132. The number of piperazine rings is 1. The van der Waals surface area contributed by atoms with E-state index < -0.39 is 0 Å². The number of aromatic nitrogens is 1. The summed E-state index contributed by atoms with van der Waals surface area (Å²) >= 11 is 0. The van der Waals surface area contributed by atoms with Crippen molar-refractivity contribution < 1.29 is 9.53 Å². The van der Waals surface area contributed by atoms with Crippen LogP contribution in [0.25, 0.3) is 0 Å². The van der Waals surface area contributed by atoms with Crippen LogP contribution < -0.4 is 0 Å². The van der Waals surface area contributed by atoms with Gasteiger partial charge in [0.05, 0.1) is 24.4 Å². The molecule has 1 aromatic heterocycles. The number of carbonyl (C=O) groups excluding carboxylic acids is 1. The average molecular weight is 332 g/mol. The Balaban J connectivity index is 1.42. The number of amides is 1. The minimum absolute atomic E-state index is 0.132. The summed E-state index contributed by atoms with van der Waals surface area (Å²) in [5.41, 5.74) is 1.11. The van der Waals surface area contributed by atoms with Gasteiger partial charge in [-0.2, -0.15) is 0 Å². The number of hydrogen-bond donors (Lipinski definition) is 0. The van der Waals surface area contributed by atoms with Crippen LogP contribution in [0.5, 0.6) is 0 Å². The van der Waals surface area contributed by atoms with Crippen molar-refractivity contribution in [2.45, 2.75) is 32.6 Å². The smallest absolute Gasteiger partial charge is 0.236 e. The second-order valence-corrected chi connectivity index (χ2v) is 6.93. The highest BCUT2D eigenvalue weighted by atomic mass is 16.5. The van der Waals surface area contributed by atoms with Crippen molar-refractivity contribution >= 4 is 5.91 Å². The van der Waals surface area contributed by atoms with Crippen molar-refractivity contribution in [2.75, 3.05) is 45.8 Å². The van der Waals surface area contributed by atoms with Gasteiger partial charge in [-0.05, 0) is 26.0 Å². The first kappa shape index (κ1) is 17.3. The van der Waals surface area contributed by atoms with Crippen molar-refractivity contribution in [1.29, 1.82) is 0 Å². The maximum Gasteiger partial charge on any atom is 0.236 e. The lowest BCUT2D eigenvalue weighted by atomic mass is 10.2. The maximum absolute atomic E-state index is 12.5. The zero-order chi connectivity index (χ0) is 16.9. The fourth-order valence-corrected chi connectivity index (χ4v) is 3.50. The van der Waals surface area contributed by atoms with Crippen LogP contribution in [0.1, 0.15) is 19.5 Å². The third-order valence-electron chi connectivity index (χ3n) is 4.71. The van der Waals surface area contributed by atoms with Gasteiger partial charge in [0.15, 0.2) is 0 Å². The Hall–Kier alpha value is -1.50. The Morgan fingerprint density at radius 1 is 1.12 bits per heavy atom. The van der Waals surface area contributed by atoms with Crippen LogP contribution in [0, 0.1) is 0 Å². The monoisotopic (exact) mass is 332 g/mol. The van der Waals surface area contributed by atoms with Crippen molar-refractivity contribution in [1.82, 2.24) is 19.7 Å². The van der Waals surface area contributed by atoms with Gasteiger partial charge >= 0.3 is 0 Å². The lowest BCUT2D eigenvalue weighted by molar-refractivity contribution is -0.144. The molecule has 2 atom stereocenters. The molecule has 0 radical (unpaired) electrons. The molecule has 2 saturated heterocycles. The van der Waals surface area contributed by atoms with E-state index in [2.05, 4.69) is 20.9 Å². The summed E-state index contributed by atoms with van der Waals surface area (Å²) in [6.45, 7) is 10.8. The van der Waals surface area contributed by atoms with Gasteiger partial charge in [-0.3, -0.25) is 19.6 Å². The summed E-state index contributed by atoms with van der Waals surface area (Å²) in [5.74, 6) is 0.232. The molecule has 2 aliphatic rings. The van der Waals surface area contributed by atoms with Gasteiger partial charge in [0.2, 0.25) is 5.91 Å². The molecule has 2 unspecified atom stereocenters. The molecule has 0 aliphatic carbocycles. The predicted octanol–water partition coefficient (Wildman–Crippen LogP) is 0.835. The van der Waals surface area contributed by atoms with Gasteiger partial charge in [0, 0.05) is 52.0 Å². The molecule has 0 spiro atoms. The highest BCUT2D eigenvalue weighted by Crippen LogP contribution is 2.12. The summed E-state index contributed by atoms with van der Waals surface area (Å²) in [6, 6.07) is 6.04. The molecule has 132 valence electrons. The minimum Gasteiger partial charge on any atom is -0.372 e. The SMILES string of the molecule is CC1CN(C(=O)CN2CCN(Cc3ccccn3)CC2)CC(C)O1. The molecule has 6 nitrogen and oxygen atoms in total. The van der Waals surface area contributed by atoms with E-state index in [4.69, 9.17) is 4.74 Å². The summed E-state index contributed by atoms with van der Waals surface area (Å²) in [4.78, 5) is 23.6. The summed E-state index contributed by atoms with van der Waals surface area (Å²) < 4.78 is 5.71. The molecule has 1 amide bonds. The third-order valence-corrected chi connectivity index (χ3v) is 4.71. The molecule has 0 N–H and O–H groups in total. The molecule has 1 aromatic rings. The van der Waals surface area contributed by atoms with Gasteiger partial charge in [-0.25, -0.2) is 0 Å². The molecular weight excluding hydrogens is 304 g/mol. The van der Waals surface area contributed by atoms with Crippen LogP contribution in [-0.2, 0) is 16.1 Å². The molecule has 3 heterocycles. The molecular formula is C18H28N4O2. The number of ether oxygens (including phenoxy) is 1. The second-order valence-electron chi connectivity index (χ2n) is 6.93. The van der Waals surface area contributed by atoms with E-state index >= 15 is 0 Å². The largest absolute Gasteiger partial charge is 0.372 e. The first-order chi connectivity index (χ1) is 11.6. The summed E-state index contributed by atoms with van der Waals surface area (Å²) in [6.07, 6.45) is 2.11. The quantitative estimate of drug-likeness (QED) is 0.818. The number of rotatable bonds is 4. The van der Waals surface area contributed by atoms with Crippen LogP contribution in [0.4, 0.5) is 0 Å². The lowest BCUT2D eigenvalue weighted by Crippen LogP contribution is -2.53. The highest BCUT2D eigenvalue weighted by Gasteiger charge is 2.27. The second kappa shape index (κ2) is 8.05. The van der Waals surface area contributed by atoms with Crippen LogP contribution in [0.2, 0.25) is 0 Å². The molecule has 24 heavy (non-hydrogen) atoms. The topological polar surface area (TPSA) is 48.9 Å². The van der Waals surface area contributed by atoms with Gasteiger partial charge in [0.25, 0.3) is 0 Å². The predicted molar refractivity (Wildman–Crippen MR) is 92.5 cm³/mol.